The lowest BCUT2D eigenvalue weighted by Crippen LogP contribution is -2.19. The first-order valence-electron chi connectivity index (χ1n) is 11.8. The minimum Gasteiger partial charge on any atom is -0.368 e. The van der Waals surface area contributed by atoms with Gasteiger partial charge < -0.3 is 16.8 Å². The molecular weight excluding hydrogens is 426 g/mol. The summed E-state index contributed by atoms with van der Waals surface area (Å²) in [4.78, 5) is 8.93. The Morgan fingerprint density at radius 3 is 2.74 bits per heavy atom. The Balaban J connectivity index is 1.28. The van der Waals surface area contributed by atoms with Gasteiger partial charge in [-0.1, -0.05) is 6.07 Å². The minimum atomic E-state index is 0.258. The van der Waals surface area contributed by atoms with Crippen molar-refractivity contribution in [3.05, 3.63) is 65.0 Å². The SMILES string of the molecule is Nc1nc(Nc2ccc3c(c2)CCC(N)CC3)nn1-c1cc2c(nn1)-c1cccnc1CCC2. The van der Waals surface area contributed by atoms with E-state index >= 15 is 0 Å². The lowest BCUT2D eigenvalue weighted by molar-refractivity contribution is 0.589. The number of fused-ring (bicyclic) bond motifs is 4. The van der Waals surface area contributed by atoms with Gasteiger partial charge in [0, 0.05) is 29.2 Å². The van der Waals surface area contributed by atoms with E-state index in [1.54, 1.807) is 0 Å². The number of anilines is 3. The molecule has 6 rings (SSSR count). The zero-order valence-electron chi connectivity index (χ0n) is 18.9. The van der Waals surface area contributed by atoms with Crippen molar-refractivity contribution in [1.82, 2.24) is 29.9 Å². The minimum absolute atomic E-state index is 0.258. The molecule has 3 heterocycles. The van der Waals surface area contributed by atoms with Gasteiger partial charge in [-0.15, -0.1) is 15.3 Å². The molecule has 0 bridgehead atoms. The van der Waals surface area contributed by atoms with Gasteiger partial charge in [0.25, 0.3) is 0 Å². The topological polar surface area (TPSA) is 133 Å². The number of rotatable bonds is 3. The fourth-order valence-corrected chi connectivity index (χ4v) is 4.92. The molecule has 9 nitrogen and oxygen atoms in total. The maximum atomic E-state index is 6.22. The largest absolute Gasteiger partial charge is 0.368 e. The Labute approximate surface area is 197 Å². The average Bonchev–Trinajstić information content (AvgIpc) is 3.00. The van der Waals surface area contributed by atoms with Gasteiger partial charge >= 0.3 is 0 Å². The van der Waals surface area contributed by atoms with Crippen molar-refractivity contribution in [3.8, 4) is 17.1 Å². The van der Waals surface area contributed by atoms with E-state index in [-0.39, 0.29) is 12.0 Å². The van der Waals surface area contributed by atoms with Crippen LogP contribution in [0.25, 0.3) is 17.1 Å². The average molecular weight is 454 g/mol. The molecule has 0 aliphatic heterocycles. The number of pyridine rings is 1. The third-order valence-corrected chi connectivity index (χ3v) is 6.75. The van der Waals surface area contributed by atoms with E-state index < -0.39 is 0 Å². The number of nitrogens with zero attached hydrogens (tertiary/aromatic N) is 6. The summed E-state index contributed by atoms with van der Waals surface area (Å²) in [6.45, 7) is 0. The molecule has 0 saturated carbocycles. The quantitative estimate of drug-likeness (QED) is 0.403. The Kier molecular flexibility index (Phi) is 5.18. The van der Waals surface area contributed by atoms with Gasteiger partial charge in [0.15, 0.2) is 5.82 Å². The van der Waals surface area contributed by atoms with Crippen LogP contribution in [0.4, 0.5) is 17.6 Å². The summed E-state index contributed by atoms with van der Waals surface area (Å²) in [6, 6.07) is 12.7. The summed E-state index contributed by atoms with van der Waals surface area (Å²) >= 11 is 0. The number of nitrogen functional groups attached to an aromatic ring is 1. The molecular formula is C25H27N9. The highest BCUT2D eigenvalue weighted by molar-refractivity contribution is 5.67. The lowest BCUT2D eigenvalue weighted by atomic mass is 10.0. The fraction of sp³-hybridized carbons (Fsp3) is 0.320. The Morgan fingerprint density at radius 1 is 0.941 bits per heavy atom. The molecule has 0 saturated heterocycles. The molecule has 0 amide bonds. The van der Waals surface area contributed by atoms with Crippen molar-refractivity contribution in [3.63, 3.8) is 0 Å². The normalized spacial score (nSPS) is 17.1. The van der Waals surface area contributed by atoms with Crippen molar-refractivity contribution in [2.24, 2.45) is 5.73 Å². The van der Waals surface area contributed by atoms with E-state index in [1.165, 1.54) is 15.8 Å². The zero-order valence-corrected chi connectivity index (χ0v) is 18.9. The highest BCUT2D eigenvalue weighted by Gasteiger charge is 2.20. The lowest BCUT2D eigenvalue weighted by Gasteiger charge is -2.09. The molecule has 2 aliphatic carbocycles. The van der Waals surface area contributed by atoms with Crippen LogP contribution in [-0.2, 0) is 25.7 Å². The summed E-state index contributed by atoms with van der Waals surface area (Å²) in [7, 11) is 0. The first-order chi connectivity index (χ1) is 16.6. The number of hydrogen-bond acceptors (Lipinski definition) is 8. The van der Waals surface area contributed by atoms with Gasteiger partial charge in [0.05, 0.1) is 5.69 Å². The standard InChI is InChI=1S/C25H27N9/c26-18-9-6-15-8-11-19(13-16(15)7-10-18)29-25-30-24(27)34(33-25)22-14-17-3-1-5-21-20(4-2-12-28-21)23(17)32-31-22/h2,4,8,11-14,18H,1,3,5-7,9-10,26H2,(H3,27,29,30,33). The smallest absolute Gasteiger partial charge is 0.248 e. The molecule has 172 valence electrons. The van der Waals surface area contributed by atoms with Crippen LogP contribution >= 0.6 is 0 Å². The molecule has 1 aromatic carbocycles. The molecule has 0 fully saturated rings. The van der Waals surface area contributed by atoms with Crippen LogP contribution in [0.15, 0.2) is 42.6 Å². The number of nitrogens with one attached hydrogen (secondary N) is 1. The number of aryl methyl sites for hydroxylation is 4. The van der Waals surface area contributed by atoms with Crippen molar-refractivity contribution >= 4 is 17.6 Å². The van der Waals surface area contributed by atoms with Gasteiger partial charge in [-0.2, -0.15) is 9.67 Å². The second-order valence-corrected chi connectivity index (χ2v) is 9.08. The van der Waals surface area contributed by atoms with E-state index in [1.807, 2.05) is 18.3 Å². The van der Waals surface area contributed by atoms with E-state index in [2.05, 4.69) is 54.8 Å². The Hall–Kier alpha value is -3.85. The Bertz CT molecular complexity index is 1360. The molecule has 4 aromatic rings. The Morgan fingerprint density at radius 2 is 1.82 bits per heavy atom. The number of aromatic nitrogens is 6. The van der Waals surface area contributed by atoms with E-state index in [0.29, 0.717) is 11.8 Å². The predicted molar refractivity (Wildman–Crippen MR) is 131 cm³/mol. The van der Waals surface area contributed by atoms with Gasteiger partial charge in [-0.3, -0.25) is 4.98 Å². The molecule has 0 spiro atoms. The number of hydrogen-bond donors (Lipinski definition) is 3. The van der Waals surface area contributed by atoms with Gasteiger partial charge in [0.2, 0.25) is 11.9 Å². The van der Waals surface area contributed by atoms with Crippen molar-refractivity contribution in [1.29, 1.82) is 0 Å². The molecule has 3 aromatic heterocycles. The second-order valence-electron chi connectivity index (χ2n) is 9.08. The summed E-state index contributed by atoms with van der Waals surface area (Å²) in [5.74, 6) is 1.24. The van der Waals surface area contributed by atoms with Gasteiger partial charge in [-0.25, -0.2) is 0 Å². The third-order valence-electron chi connectivity index (χ3n) is 6.75. The first kappa shape index (κ1) is 20.7. The monoisotopic (exact) mass is 453 g/mol. The van der Waals surface area contributed by atoms with Gasteiger partial charge in [0.1, 0.15) is 0 Å². The summed E-state index contributed by atoms with van der Waals surface area (Å²) in [5, 5.41) is 16.8. The zero-order chi connectivity index (χ0) is 23.1. The van der Waals surface area contributed by atoms with Crippen molar-refractivity contribution in [2.75, 3.05) is 11.1 Å². The highest BCUT2D eigenvalue weighted by atomic mass is 15.4. The van der Waals surface area contributed by atoms with Crippen LogP contribution in [0.3, 0.4) is 0 Å². The van der Waals surface area contributed by atoms with E-state index in [0.717, 1.165) is 73.1 Å². The summed E-state index contributed by atoms with van der Waals surface area (Å²) < 4.78 is 1.53. The number of benzene rings is 1. The first-order valence-corrected chi connectivity index (χ1v) is 11.8. The molecule has 2 aliphatic rings. The van der Waals surface area contributed by atoms with Crippen LogP contribution < -0.4 is 16.8 Å². The molecule has 9 heteroatoms. The van der Waals surface area contributed by atoms with Crippen molar-refractivity contribution < 1.29 is 0 Å². The molecule has 34 heavy (non-hydrogen) atoms. The molecule has 5 N–H and O–H groups in total. The van der Waals surface area contributed by atoms with Crippen LogP contribution in [-0.4, -0.2) is 36.0 Å². The molecule has 1 unspecified atom stereocenters. The summed E-state index contributed by atoms with van der Waals surface area (Å²) in [5.41, 5.74) is 20.1. The molecule has 1 atom stereocenters. The van der Waals surface area contributed by atoms with Crippen LogP contribution in [0.1, 0.15) is 41.6 Å². The van der Waals surface area contributed by atoms with Crippen LogP contribution in [0.2, 0.25) is 0 Å². The maximum absolute atomic E-state index is 6.22. The fourth-order valence-electron chi connectivity index (χ4n) is 4.92. The van der Waals surface area contributed by atoms with Crippen LogP contribution in [0, 0.1) is 0 Å². The van der Waals surface area contributed by atoms with Crippen molar-refractivity contribution in [2.45, 2.75) is 51.0 Å². The highest BCUT2D eigenvalue weighted by Crippen LogP contribution is 2.30. The summed E-state index contributed by atoms with van der Waals surface area (Å²) in [6.07, 6.45) is 8.70. The molecule has 0 radical (unpaired) electrons. The maximum Gasteiger partial charge on any atom is 0.248 e. The second kappa shape index (κ2) is 8.49. The van der Waals surface area contributed by atoms with Crippen LogP contribution in [0.5, 0.6) is 0 Å². The van der Waals surface area contributed by atoms with Gasteiger partial charge in [-0.05, 0) is 92.0 Å². The number of nitrogens with two attached hydrogens (primary N) is 2. The van der Waals surface area contributed by atoms with E-state index in [9.17, 15) is 0 Å². The third kappa shape index (κ3) is 3.88. The predicted octanol–water partition coefficient (Wildman–Crippen LogP) is 3.14. The van der Waals surface area contributed by atoms with E-state index in [4.69, 9.17) is 11.5 Å².